The van der Waals surface area contributed by atoms with E-state index in [0.29, 0.717) is 0 Å². The zero-order valence-electron chi connectivity index (χ0n) is 16.8. The number of hydrogen-bond donors (Lipinski definition) is 0. The fourth-order valence-electron chi connectivity index (χ4n) is 5.61. The zero-order chi connectivity index (χ0) is 17.5. The fourth-order valence-corrected chi connectivity index (χ4v) is 5.61. The molecular weight excluding hydrogens is 300 g/mol. The lowest BCUT2D eigenvalue weighted by Crippen LogP contribution is -2.25. The molecule has 2 aliphatic carbocycles. The van der Waals surface area contributed by atoms with Gasteiger partial charge in [0, 0.05) is 0 Å². The Bertz CT molecular complexity index is 469. The molecule has 1 aromatic rings. The van der Waals surface area contributed by atoms with Gasteiger partial charge >= 0.3 is 0 Å². The minimum Gasteiger partial charge on any atom is -0.0654 e. The van der Waals surface area contributed by atoms with Crippen LogP contribution in [0, 0.1) is 17.8 Å². The van der Waals surface area contributed by atoms with Crippen LogP contribution in [0.2, 0.25) is 0 Å². The number of hydrogen-bond acceptors (Lipinski definition) is 0. The van der Waals surface area contributed by atoms with Crippen molar-refractivity contribution in [2.75, 3.05) is 0 Å². The lowest BCUT2D eigenvalue weighted by Gasteiger charge is -2.38. The van der Waals surface area contributed by atoms with Gasteiger partial charge in [-0.15, -0.1) is 0 Å². The van der Waals surface area contributed by atoms with Crippen molar-refractivity contribution in [3.05, 3.63) is 35.4 Å². The van der Waals surface area contributed by atoms with E-state index in [9.17, 15) is 0 Å². The summed E-state index contributed by atoms with van der Waals surface area (Å²) in [5, 5.41) is 0. The molecule has 2 aliphatic rings. The predicted molar refractivity (Wildman–Crippen MR) is 110 cm³/mol. The predicted octanol–water partition coefficient (Wildman–Crippen LogP) is 7.91. The summed E-state index contributed by atoms with van der Waals surface area (Å²) >= 11 is 0. The Balaban J connectivity index is 1.43. The standard InChI is InChI=1S/C25H40/c1-3-5-7-21-10-14-23(15-11-21)25-18-16-24(17-19-25)22-12-8-20(6-4-2)9-13-22/h8-9,12-13,21,23-25H,3-7,10-11,14-19H2,1-2H3. The van der Waals surface area contributed by atoms with Crippen molar-refractivity contribution < 1.29 is 0 Å². The molecule has 0 spiro atoms. The first-order valence-corrected chi connectivity index (χ1v) is 11.4. The first kappa shape index (κ1) is 19.0. The molecule has 0 unspecified atom stereocenters. The largest absolute Gasteiger partial charge is 0.0654 e. The molecule has 0 aliphatic heterocycles. The normalized spacial score (nSPS) is 30.3. The maximum atomic E-state index is 2.43. The molecule has 0 atom stereocenters. The van der Waals surface area contributed by atoms with E-state index in [2.05, 4.69) is 38.1 Å². The molecule has 0 saturated heterocycles. The second-order valence-electron chi connectivity index (χ2n) is 9.03. The van der Waals surface area contributed by atoms with Crippen LogP contribution in [-0.2, 0) is 6.42 Å². The van der Waals surface area contributed by atoms with Crippen LogP contribution in [0.5, 0.6) is 0 Å². The molecule has 1 aromatic carbocycles. The number of benzene rings is 1. The third-order valence-electron chi connectivity index (χ3n) is 7.29. The molecule has 25 heavy (non-hydrogen) atoms. The van der Waals surface area contributed by atoms with Gasteiger partial charge in [-0.25, -0.2) is 0 Å². The number of rotatable bonds is 7. The van der Waals surface area contributed by atoms with Gasteiger partial charge in [0.2, 0.25) is 0 Å². The van der Waals surface area contributed by atoms with Crippen molar-refractivity contribution in [2.24, 2.45) is 17.8 Å². The maximum absolute atomic E-state index is 2.43. The lowest BCUT2D eigenvalue weighted by molar-refractivity contribution is 0.156. The van der Waals surface area contributed by atoms with Crippen molar-refractivity contribution in [1.82, 2.24) is 0 Å². The number of unbranched alkanes of at least 4 members (excludes halogenated alkanes) is 1. The smallest absolute Gasteiger partial charge is 0.0162 e. The summed E-state index contributed by atoms with van der Waals surface area (Å²) in [5.41, 5.74) is 3.13. The molecule has 0 N–H and O–H groups in total. The second-order valence-corrected chi connectivity index (χ2v) is 9.03. The summed E-state index contributed by atoms with van der Waals surface area (Å²) < 4.78 is 0. The second kappa shape index (κ2) is 9.79. The van der Waals surface area contributed by atoms with Gasteiger partial charge in [0.05, 0.1) is 0 Å². The molecule has 0 heterocycles. The fraction of sp³-hybridized carbons (Fsp3) is 0.760. The minimum atomic E-state index is 0.841. The van der Waals surface area contributed by atoms with Gasteiger partial charge in [-0.3, -0.25) is 0 Å². The molecular formula is C25H40. The van der Waals surface area contributed by atoms with Gasteiger partial charge in [0.25, 0.3) is 0 Å². The zero-order valence-corrected chi connectivity index (χ0v) is 16.8. The van der Waals surface area contributed by atoms with E-state index in [1.807, 2.05) is 0 Å². The molecule has 0 bridgehead atoms. The van der Waals surface area contributed by atoms with Crippen LogP contribution >= 0.6 is 0 Å². The topological polar surface area (TPSA) is 0 Å². The Kier molecular flexibility index (Phi) is 7.44. The highest BCUT2D eigenvalue weighted by atomic mass is 14.4. The third kappa shape index (κ3) is 5.35. The third-order valence-corrected chi connectivity index (χ3v) is 7.29. The SMILES string of the molecule is CCCCC1CCC(C2CCC(c3ccc(CCC)cc3)CC2)CC1. The van der Waals surface area contributed by atoms with Gasteiger partial charge in [-0.1, -0.05) is 76.6 Å². The Labute approximate surface area is 156 Å². The van der Waals surface area contributed by atoms with Crippen molar-refractivity contribution in [2.45, 2.75) is 103 Å². The first-order chi connectivity index (χ1) is 12.3. The van der Waals surface area contributed by atoms with E-state index >= 15 is 0 Å². The van der Waals surface area contributed by atoms with Gasteiger partial charge in [0.15, 0.2) is 0 Å². The number of aryl methyl sites for hydroxylation is 1. The Morgan fingerprint density at radius 3 is 1.88 bits per heavy atom. The van der Waals surface area contributed by atoms with E-state index < -0.39 is 0 Å². The Morgan fingerprint density at radius 1 is 0.720 bits per heavy atom. The Morgan fingerprint density at radius 2 is 1.32 bits per heavy atom. The summed E-state index contributed by atoms with van der Waals surface area (Å²) in [6.45, 7) is 4.61. The van der Waals surface area contributed by atoms with Gasteiger partial charge < -0.3 is 0 Å². The summed E-state index contributed by atoms with van der Waals surface area (Å²) in [4.78, 5) is 0. The van der Waals surface area contributed by atoms with Crippen LogP contribution in [-0.4, -0.2) is 0 Å². The van der Waals surface area contributed by atoms with E-state index in [1.54, 1.807) is 5.56 Å². The minimum absolute atomic E-state index is 0.841. The van der Waals surface area contributed by atoms with Crippen molar-refractivity contribution in [1.29, 1.82) is 0 Å². The molecule has 3 rings (SSSR count). The first-order valence-electron chi connectivity index (χ1n) is 11.4. The summed E-state index contributed by atoms with van der Waals surface area (Å²) in [7, 11) is 0. The van der Waals surface area contributed by atoms with Gasteiger partial charge in [-0.2, -0.15) is 0 Å². The average Bonchev–Trinajstić information content (AvgIpc) is 2.68. The van der Waals surface area contributed by atoms with E-state index in [-0.39, 0.29) is 0 Å². The van der Waals surface area contributed by atoms with E-state index in [0.717, 1.165) is 23.7 Å². The summed E-state index contributed by atoms with van der Waals surface area (Å²) in [5.74, 6) is 4.01. The summed E-state index contributed by atoms with van der Waals surface area (Å²) in [6.07, 6.45) is 18.8. The van der Waals surface area contributed by atoms with Crippen LogP contribution < -0.4 is 0 Å². The van der Waals surface area contributed by atoms with Crippen molar-refractivity contribution >= 4 is 0 Å². The molecule has 0 aromatic heterocycles. The highest BCUT2D eigenvalue weighted by Crippen LogP contribution is 2.44. The highest BCUT2D eigenvalue weighted by molar-refractivity contribution is 5.26. The van der Waals surface area contributed by atoms with Crippen LogP contribution in [0.1, 0.15) is 108 Å². The van der Waals surface area contributed by atoms with Gasteiger partial charge in [-0.05, 0) is 79.7 Å². The van der Waals surface area contributed by atoms with Crippen LogP contribution in [0.25, 0.3) is 0 Å². The van der Waals surface area contributed by atoms with E-state index in [4.69, 9.17) is 0 Å². The van der Waals surface area contributed by atoms with Crippen molar-refractivity contribution in [3.63, 3.8) is 0 Å². The Hall–Kier alpha value is -0.780. The quantitative estimate of drug-likeness (QED) is 0.473. The van der Waals surface area contributed by atoms with Crippen LogP contribution in [0.4, 0.5) is 0 Å². The van der Waals surface area contributed by atoms with Crippen LogP contribution in [0.15, 0.2) is 24.3 Å². The molecule has 0 heteroatoms. The molecule has 0 nitrogen and oxygen atoms in total. The molecule has 2 fully saturated rings. The highest BCUT2D eigenvalue weighted by Gasteiger charge is 2.31. The van der Waals surface area contributed by atoms with Crippen molar-refractivity contribution in [3.8, 4) is 0 Å². The molecule has 2 saturated carbocycles. The maximum Gasteiger partial charge on any atom is -0.0162 e. The van der Waals surface area contributed by atoms with Crippen LogP contribution in [0.3, 0.4) is 0 Å². The molecule has 140 valence electrons. The molecule has 0 amide bonds. The molecule has 0 radical (unpaired) electrons. The van der Waals surface area contributed by atoms with Gasteiger partial charge in [0.1, 0.15) is 0 Å². The average molecular weight is 341 g/mol. The van der Waals surface area contributed by atoms with E-state index in [1.165, 1.54) is 89.0 Å². The lowest BCUT2D eigenvalue weighted by atomic mass is 9.68. The summed E-state index contributed by atoms with van der Waals surface area (Å²) in [6, 6.07) is 9.61. The monoisotopic (exact) mass is 340 g/mol.